The van der Waals surface area contributed by atoms with Crippen molar-refractivity contribution >= 4 is 17.7 Å². The summed E-state index contributed by atoms with van der Waals surface area (Å²) in [5.74, 6) is -0.230. The average molecular weight is 273 g/mol. The normalized spacial score (nSPS) is 12.7. The van der Waals surface area contributed by atoms with Gasteiger partial charge in [0.05, 0.1) is 13.0 Å². The van der Waals surface area contributed by atoms with Crippen molar-refractivity contribution in [2.45, 2.75) is 50.6 Å². The minimum Gasteiger partial charge on any atom is -0.466 e. The number of hydrogen-bond acceptors (Lipinski definition) is 5. The Balaban J connectivity index is 2.67. The van der Waals surface area contributed by atoms with Crippen LogP contribution in [-0.4, -0.2) is 32.6 Å². The zero-order valence-electron chi connectivity index (χ0n) is 11.1. The van der Waals surface area contributed by atoms with Gasteiger partial charge in [-0.3, -0.25) is 9.36 Å². The van der Waals surface area contributed by atoms with Crippen molar-refractivity contribution in [2.24, 2.45) is 0 Å². The maximum atomic E-state index is 11.5. The standard InChI is InChI=1S/C11H19N3O3S/c1-5-17-9(15)6-8(4)18-11-13-12-10(16)14(11)7(2)3/h7-8H,5-6H2,1-4H3,(H,12,16). The molecule has 0 saturated heterocycles. The van der Waals surface area contributed by atoms with Crippen LogP contribution in [0.4, 0.5) is 0 Å². The van der Waals surface area contributed by atoms with Gasteiger partial charge in [0.15, 0.2) is 5.16 Å². The fourth-order valence-electron chi connectivity index (χ4n) is 1.51. The fraction of sp³-hybridized carbons (Fsp3) is 0.727. The van der Waals surface area contributed by atoms with Crippen LogP contribution >= 0.6 is 11.8 Å². The van der Waals surface area contributed by atoms with E-state index in [1.807, 2.05) is 20.8 Å². The Labute approximate surface area is 110 Å². The number of aromatic nitrogens is 3. The molecule has 0 fully saturated rings. The number of H-pyrrole nitrogens is 1. The molecule has 0 radical (unpaired) electrons. The number of aromatic amines is 1. The van der Waals surface area contributed by atoms with Crippen LogP contribution in [0.1, 0.15) is 40.2 Å². The van der Waals surface area contributed by atoms with Crippen LogP contribution in [0.3, 0.4) is 0 Å². The van der Waals surface area contributed by atoms with Crippen LogP contribution in [0.5, 0.6) is 0 Å². The van der Waals surface area contributed by atoms with Crippen molar-refractivity contribution in [1.82, 2.24) is 14.8 Å². The summed E-state index contributed by atoms with van der Waals surface area (Å²) in [7, 11) is 0. The van der Waals surface area contributed by atoms with Crippen LogP contribution in [-0.2, 0) is 9.53 Å². The first kappa shape index (κ1) is 14.8. The van der Waals surface area contributed by atoms with Gasteiger partial charge in [-0.15, -0.1) is 5.10 Å². The molecular formula is C11H19N3O3S. The Hall–Kier alpha value is -1.24. The van der Waals surface area contributed by atoms with Crippen LogP contribution < -0.4 is 5.69 Å². The van der Waals surface area contributed by atoms with Gasteiger partial charge in [-0.25, -0.2) is 9.89 Å². The topological polar surface area (TPSA) is 77.0 Å². The van der Waals surface area contributed by atoms with Gasteiger partial charge >= 0.3 is 11.7 Å². The number of esters is 1. The molecule has 1 unspecified atom stereocenters. The second kappa shape index (κ2) is 6.63. The Morgan fingerprint density at radius 3 is 2.72 bits per heavy atom. The highest BCUT2D eigenvalue weighted by Gasteiger charge is 2.17. The number of carbonyl (C=O) groups excluding carboxylic acids is 1. The molecule has 1 N–H and O–H groups in total. The van der Waals surface area contributed by atoms with E-state index >= 15 is 0 Å². The van der Waals surface area contributed by atoms with Crippen molar-refractivity contribution in [2.75, 3.05) is 6.61 Å². The Morgan fingerprint density at radius 1 is 1.50 bits per heavy atom. The molecule has 6 nitrogen and oxygen atoms in total. The number of ether oxygens (including phenoxy) is 1. The summed E-state index contributed by atoms with van der Waals surface area (Å²) in [5.41, 5.74) is -0.226. The molecule has 0 aromatic carbocycles. The molecule has 1 aromatic heterocycles. The number of thioether (sulfide) groups is 1. The summed E-state index contributed by atoms with van der Waals surface area (Å²) < 4.78 is 6.46. The minimum atomic E-state index is -0.230. The summed E-state index contributed by atoms with van der Waals surface area (Å²) in [6, 6.07) is 0.0357. The molecule has 0 saturated carbocycles. The predicted octanol–water partition coefficient (Wildman–Crippen LogP) is 1.59. The van der Waals surface area contributed by atoms with Gasteiger partial charge in [0, 0.05) is 11.3 Å². The summed E-state index contributed by atoms with van der Waals surface area (Å²) in [4.78, 5) is 22.9. The highest BCUT2D eigenvalue weighted by atomic mass is 32.2. The van der Waals surface area contributed by atoms with E-state index in [1.165, 1.54) is 11.8 Å². The van der Waals surface area contributed by atoms with Gasteiger partial charge in [-0.2, -0.15) is 0 Å². The molecule has 0 aliphatic heterocycles. The van der Waals surface area contributed by atoms with E-state index in [0.717, 1.165) is 0 Å². The number of nitrogens with zero attached hydrogens (tertiary/aromatic N) is 2. The van der Waals surface area contributed by atoms with E-state index < -0.39 is 0 Å². The van der Waals surface area contributed by atoms with Gasteiger partial charge < -0.3 is 4.74 Å². The number of carbonyl (C=O) groups is 1. The highest BCUT2D eigenvalue weighted by Crippen LogP contribution is 2.24. The first-order valence-corrected chi connectivity index (χ1v) is 6.82. The van der Waals surface area contributed by atoms with Crippen LogP contribution in [0.15, 0.2) is 9.95 Å². The highest BCUT2D eigenvalue weighted by molar-refractivity contribution is 7.99. The second-order valence-corrected chi connectivity index (χ2v) is 5.62. The van der Waals surface area contributed by atoms with Crippen molar-refractivity contribution < 1.29 is 9.53 Å². The maximum Gasteiger partial charge on any atom is 0.344 e. The third kappa shape index (κ3) is 3.90. The van der Waals surface area contributed by atoms with Crippen molar-refractivity contribution in [3.05, 3.63) is 10.5 Å². The maximum absolute atomic E-state index is 11.5. The van der Waals surface area contributed by atoms with E-state index in [2.05, 4.69) is 10.2 Å². The third-order valence-corrected chi connectivity index (χ3v) is 3.32. The Bertz CT molecular complexity index is 453. The minimum absolute atomic E-state index is 0.0109. The SMILES string of the molecule is CCOC(=O)CC(C)Sc1n[nH]c(=O)n1C(C)C. The molecule has 0 aliphatic carbocycles. The average Bonchev–Trinajstić information content (AvgIpc) is 2.59. The van der Waals surface area contributed by atoms with Gasteiger partial charge in [0.25, 0.3) is 0 Å². The Morgan fingerprint density at radius 2 is 2.17 bits per heavy atom. The molecule has 1 rings (SSSR count). The summed E-state index contributed by atoms with van der Waals surface area (Å²) in [6.07, 6.45) is 0.303. The molecule has 7 heteroatoms. The van der Waals surface area contributed by atoms with Crippen LogP contribution in [0.25, 0.3) is 0 Å². The van der Waals surface area contributed by atoms with Gasteiger partial charge in [0.1, 0.15) is 0 Å². The van der Waals surface area contributed by atoms with Crippen molar-refractivity contribution in [3.8, 4) is 0 Å². The number of nitrogens with one attached hydrogen (secondary N) is 1. The van der Waals surface area contributed by atoms with Gasteiger partial charge in [-0.1, -0.05) is 18.7 Å². The van der Waals surface area contributed by atoms with Crippen LogP contribution in [0.2, 0.25) is 0 Å². The van der Waals surface area contributed by atoms with Crippen molar-refractivity contribution in [1.29, 1.82) is 0 Å². The monoisotopic (exact) mass is 273 g/mol. The molecule has 1 aromatic rings. The van der Waals surface area contributed by atoms with E-state index in [-0.39, 0.29) is 23.0 Å². The summed E-state index contributed by atoms with van der Waals surface area (Å²) in [6.45, 7) is 7.90. The smallest absolute Gasteiger partial charge is 0.344 e. The van der Waals surface area contributed by atoms with Crippen molar-refractivity contribution in [3.63, 3.8) is 0 Å². The lowest BCUT2D eigenvalue weighted by Crippen LogP contribution is -2.20. The summed E-state index contributed by atoms with van der Waals surface area (Å²) >= 11 is 1.39. The zero-order chi connectivity index (χ0) is 13.7. The number of hydrogen-bond donors (Lipinski definition) is 1. The molecule has 18 heavy (non-hydrogen) atoms. The zero-order valence-corrected chi connectivity index (χ0v) is 11.9. The fourth-order valence-corrected chi connectivity index (χ4v) is 2.59. The molecule has 0 aliphatic rings. The van der Waals surface area contributed by atoms with Gasteiger partial charge in [-0.05, 0) is 20.8 Å². The number of rotatable bonds is 6. The molecule has 0 bridgehead atoms. The molecule has 0 spiro atoms. The largest absolute Gasteiger partial charge is 0.466 e. The lowest BCUT2D eigenvalue weighted by molar-refractivity contribution is -0.142. The third-order valence-electron chi connectivity index (χ3n) is 2.25. The molecule has 1 atom stereocenters. The van der Waals surface area contributed by atoms with Crippen LogP contribution in [0, 0.1) is 0 Å². The second-order valence-electron chi connectivity index (χ2n) is 4.21. The molecular weight excluding hydrogens is 254 g/mol. The molecule has 102 valence electrons. The summed E-state index contributed by atoms with van der Waals surface area (Å²) in [5, 5.41) is 7.00. The first-order valence-electron chi connectivity index (χ1n) is 5.94. The van der Waals surface area contributed by atoms with Gasteiger partial charge in [0.2, 0.25) is 0 Å². The lowest BCUT2D eigenvalue weighted by atomic mass is 10.3. The molecule has 1 heterocycles. The van der Waals surface area contributed by atoms with E-state index in [9.17, 15) is 9.59 Å². The predicted molar refractivity (Wildman–Crippen MR) is 69.8 cm³/mol. The quantitative estimate of drug-likeness (QED) is 0.629. The first-order chi connectivity index (χ1) is 8.45. The molecule has 0 amide bonds. The Kier molecular flexibility index (Phi) is 5.46. The van der Waals surface area contributed by atoms with E-state index in [4.69, 9.17) is 4.74 Å². The lowest BCUT2D eigenvalue weighted by Gasteiger charge is -2.12. The van der Waals surface area contributed by atoms with E-state index in [0.29, 0.717) is 18.2 Å². The van der Waals surface area contributed by atoms with E-state index in [1.54, 1.807) is 11.5 Å².